The van der Waals surface area contributed by atoms with E-state index in [1.165, 1.54) is 5.56 Å². The number of aryl methyl sites for hydroxylation is 1. The monoisotopic (exact) mass is 429 g/mol. The predicted octanol–water partition coefficient (Wildman–Crippen LogP) is 5.48. The number of halogens is 1. The summed E-state index contributed by atoms with van der Waals surface area (Å²) in [6, 6.07) is 2.18. The summed E-state index contributed by atoms with van der Waals surface area (Å²) in [5, 5.41) is 0. The molecule has 0 aromatic carbocycles. The number of anilines is 1. The standard InChI is InChI=1S/C19H29FN3OPS2/c1-6-15-11-16(13-22-12-15)23(27-8-3)9-10-26-17(7-2)19(21-5)24-14(4)18(20)25/h7,11-13,18H,4,6,8-10,25H2,1-3,5H3/b17-7-,21-19-. The van der Waals surface area contributed by atoms with Gasteiger partial charge in [-0.1, -0.05) is 47.7 Å². The second kappa shape index (κ2) is 13.2. The molecule has 0 bridgehead atoms. The molecular weight excluding hydrogens is 400 g/mol. The molecular formula is C19H29FN3OPS2. The van der Waals surface area contributed by atoms with E-state index in [0.29, 0.717) is 5.90 Å². The zero-order valence-electron chi connectivity index (χ0n) is 16.4. The number of rotatable bonds is 11. The van der Waals surface area contributed by atoms with Crippen molar-refractivity contribution in [3.05, 3.63) is 47.3 Å². The Balaban J connectivity index is 2.73. The summed E-state index contributed by atoms with van der Waals surface area (Å²) in [7, 11) is 3.65. The highest BCUT2D eigenvalue weighted by Crippen LogP contribution is 2.26. The average molecular weight is 430 g/mol. The van der Waals surface area contributed by atoms with E-state index in [9.17, 15) is 4.39 Å². The second-order valence-electron chi connectivity index (χ2n) is 5.43. The molecule has 4 nitrogen and oxygen atoms in total. The van der Waals surface area contributed by atoms with Gasteiger partial charge in [0.2, 0.25) is 5.90 Å². The molecule has 0 fully saturated rings. The van der Waals surface area contributed by atoms with Gasteiger partial charge in [0.25, 0.3) is 0 Å². The number of allylic oxidation sites excluding steroid dienone is 2. The average Bonchev–Trinajstić information content (AvgIpc) is 2.68. The quantitative estimate of drug-likeness (QED) is 0.153. The number of hydrogen-bond acceptors (Lipinski definition) is 6. The van der Waals surface area contributed by atoms with E-state index in [2.05, 4.69) is 40.8 Å². The van der Waals surface area contributed by atoms with Gasteiger partial charge in [-0.3, -0.25) is 9.98 Å². The molecule has 0 saturated carbocycles. The third-order valence-electron chi connectivity index (χ3n) is 3.52. The molecule has 1 rings (SSSR count). The lowest BCUT2D eigenvalue weighted by Crippen LogP contribution is -2.19. The highest BCUT2D eigenvalue weighted by atomic mass is 32.2. The van der Waals surface area contributed by atoms with Crippen molar-refractivity contribution in [3.63, 3.8) is 0 Å². The van der Waals surface area contributed by atoms with Crippen LogP contribution in [-0.4, -0.2) is 41.9 Å². The topological polar surface area (TPSA) is 37.7 Å². The number of alkyl halides is 1. The van der Waals surface area contributed by atoms with E-state index in [1.54, 1.807) is 30.8 Å². The SMILES string of the molecule is C=C(OC(=N\C)/C(=C/C)SCCN(SCC)c1cncc(CC)c1)C(F)P. The minimum Gasteiger partial charge on any atom is -0.440 e. The third-order valence-corrected chi connectivity index (χ3v) is 5.97. The number of nitrogens with zero attached hydrogens (tertiary/aromatic N) is 3. The molecule has 27 heavy (non-hydrogen) atoms. The Labute approximate surface area is 173 Å². The summed E-state index contributed by atoms with van der Waals surface area (Å²) in [5.41, 5.74) is 2.34. The van der Waals surface area contributed by atoms with E-state index in [0.717, 1.165) is 35.1 Å². The number of pyridine rings is 1. The smallest absolute Gasteiger partial charge is 0.227 e. The molecule has 1 aromatic heterocycles. The Hall–Kier alpha value is -1.04. The molecule has 0 aliphatic rings. The van der Waals surface area contributed by atoms with Gasteiger partial charge in [-0.2, -0.15) is 0 Å². The Morgan fingerprint density at radius 1 is 1.48 bits per heavy atom. The number of aromatic nitrogens is 1. The Kier molecular flexibility index (Phi) is 11.7. The molecule has 2 unspecified atom stereocenters. The molecule has 1 heterocycles. The Morgan fingerprint density at radius 3 is 2.78 bits per heavy atom. The first-order chi connectivity index (χ1) is 13.0. The minimum atomic E-state index is -1.32. The van der Waals surface area contributed by atoms with Crippen LogP contribution in [0, 0.1) is 0 Å². The molecule has 1 aromatic rings. The fourth-order valence-electron chi connectivity index (χ4n) is 2.12. The van der Waals surface area contributed by atoms with E-state index in [1.807, 2.05) is 34.6 Å². The third kappa shape index (κ3) is 8.24. The predicted molar refractivity (Wildman–Crippen MR) is 123 cm³/mol. The van der Waals surface area contributed by atoms with Crippen LogP contribution in [0.25, 0.3) is 0 Å². The lowest BCUT2D eigenvalue weighted by atomic mass is 10.2. The highest BCUT2D eigenvalue weighted by Gasteiger charge is 2.15. The molecule has 0 aliphatic heterocycles. The van der Waals surface area contributed by atoms with E-state index in [-0.39, 0.29) is 5.76 Å². The van der Waals surface area contributed by atoms with Crippen LogP contribution in [0.15, 0.2) is 46.8 Å². The van der Waals surface area contributed by atoms with Crippen LogP contribution in [-0.2, 0) is 11.2 Å². The van der Waals surface area contributed by atoms with E-state index < -0.39 is 5.91 Å². The molecule has 0 N–H and O–H groups in total. The number of thioether (sulfide) groups is 1. The van der Waals surface area contributed by atoms with Crippen LogP contribution in [0.4, 0.5) is 10.1 Å². The summed E-state index contributed by atoms with van der Waals surface area (Å²) >= 11 is 3.40. The fraction of sp³-hybridized carbons (Fsp3) is 0.474. The van der Waals surface area contributed by atoms with E-state index >= 15 is 0 Å². The first kappa shape index (κ1) is 24.0. The van der Waals surface area contributed by atoms with Crippen LogP contribution >= 0.6 is 32.9 Å². The van der Waals surface area contributed by atoms with Gasteiger partial charge < -0.3 is 9.04 Å². The van der Waals surface area contributed by atoms with Crippen LogP contribution in [0.2, 0.25) is 0 Å². The molecule has 150 valence electrons. The molecule has 0 spiro atoms. The molecule has 0 radical (unpaired) electrons. The number of aliphatic imine (C=N–C) groups is 1. The zero-order chi connectivity index (χ0) is 20.2. The van der Waals surface area contributed by atoms with Gasteiger partial charge in [0.15, 0.2) is 5.91 Å². The lowest BCUT2D eigenvalue weighted by Gasteiger charge is -2.23. The fourth-order valence-corrected chi connectivity index (χ4v) is 4.00. The van der Waals surface area contributed by atoms with E-state index in [4.69, 9.17) is 4.74 Å². The highest BCUT2D eigenvalue weighted by molar-refractivity contribution is 8.04. The Bertz CT molecular complexity index is 668. The van der Waals surface area contributed by atoms with Crippen molar-refractivity contribution in [1.82, 2.24) is 4.98 Å². The summed E-state index contributed by atoms with van der Waals surface area (Å²) in [6.07, 6.45) is 6.69. The van der Waals surface area contributed by atoms with Crippen molar-refractivity contribution in [1.29, 1.82) is 0 Å². The first-order valence-corrected chi connectivity index (χ1v) is 11.4. The van der Waals surface area contributed by atoms with Gasteiger partial charge in [0, 0.05) is 31.3 Å². The summed E-state index contributed by atoms with van der Waals surface area (Å²) in [5.74, 6) is 0.916. The molecule has 0 aliphatic carbocycles. The maximum absolute atomic E-state index is 13.3. The van der Waals surface area contributed by atoms with Crippen molar-refractivity contribution < 1.29 is 9.13 Å². The van der Waals surface area contributed by atoms with Gasteiger partial charge in [0.05, 0.1) is 16.8 Å². The van der Waals surface area contributed by atoms with Gasteiger partial charge >= 0.3 is 0 Å². The lowest BCUT2D eigenvalue weighted by molar-refractivity contribution is 0.332. The molecule has 8 heteroatoms. The molecule has 0 amide bonds. The van der Waals surface area contributed by atoms with Crippen molar-refractivity contribution in [2.45, 2.75) is 33.1 Å². The minimum absolute atomic E-state index is 0.0335. The second-order valence-corrected chi connectivity index (χ2v) is 8.42. The normalized spacial score (nSPS) is 13.4. The van der Waals surface area contributed by atoms with Gasteiger partial charge in [-0.05, 0) is 25.0 Å². The van der Waals surface area contributed by atoms with Crippen LogP contribution < -0.4 is 4.31 Å². The largest absolute Gasteiger partial charge is 0.440 e. The molecule has 0 saturated heterocycles. The number of hydrogen-bond donors (Lipinski definition) is 0. The maximum Gasteiger partial charge on any atom is 0.227 e. The van der Waals surface area contributed by atoms with Crippen LogP contribution in [0.1, 0.15) is 26.3 Å². The van der Waals surface area contributed by atoms with Crippen LogP contribution in [0.3, 0.4) is 0 Å². The summed E-state index contributed by atoms with van der Waals surface area (Å²) in [6.45, 7) is 10.6. The first-order valence-electron chi connectivity index (χ1n) is 8.83. The van der Waals surface area contributed by atoms with Crippen LogP contribution in [0.5, 0.6) is 0 Å². The van der Waals surface area contributed by atoms with Crippen molar-refractivity contribution >= 4 is 44.5 Å². The maximum atomic E-state index is 13.3. The number of ether oxygens (including phenoxy) is 1. The molecule has 2 atom stereocenters. The van der Waals surface area contributed by atoms with Gasteiger partial charge in [-0.15, -0.1) is 11.8 Å². The summed E-state index contributed by atoms with van der Waals surface area (Å²) in [4.78, 5) is 9.35. The summed E-state index contributed by atoms with van der Waals surface area (Å²) < 4.78 is 21.0. The van der Waals surface area contributed by atoms with Gasteiger partial charge in [0.1, 0.15) is 5.76 Å². The van der Waals surface area contributed by atoms with Crippen molar-refractivity contribution in [2.75, 3.05) is 29.4 Å². The van der Waals surface area contributed by atoms with Gasteiger partial charge in [-0.25, -0.2) is 4.39 Å². The zero-order valence-corrected chi connectivity index (χ0v) is 19.2. The van der Waals surface area contributed by atoms with Crippen molar-refractivity contribution in [3.8, 4) is 0 Å². The van der Waals surface area contributed by atoms with Crippen molar-refractivity contribution in [2.24, 2.45) is 4.99 Å². The Morgan fingerprint density at radius 2 is 2.22 bits per heavy atom.